The number of hydrogen-bond acceptors (Lipinski definition) is 0. The molecule has 0 aliphatic rings. The lowest BCUT2D eigenvalue weighted by Gasteiger charge is -2.12. The maximum Gasteiger partial charge on any atom is 0.109 e. The smallest absolute Gasteiger partial charge is 0.109 e. The van der Waals surface area contributed by atoms with Crippen molar-refractivity contribution >= 4 is 17.1 Å². The van der Waals surface area contributed by atoms with E-state index in [1.54, 1.807) is 0 Å². The molecule has 0 saturated heterocycles. The quantitative estimate of drug-likeness (QED) is 0.337. The second-order valence-electron chi connectivity index (χ2n) is 2.76. The van der Waals surface area contributed by atoms with E-state index in [-0.39, 0.29) is 0 Å². The highest BCUT2D eigenvalue weighted by atomic mass is 31.0. The normalized spacial score (nSPS) is 11.8. The molecule has 0 aromatic rings. The summed E-state index contributed by atoms with van der Waals surface area (Å²) in [6.07, 6.45) is 1.19. The van der Waals surface area contributed by atoms with Gasteiger partial charge in [-0.1, -0.05) is 19.2 Å². The third-order valence-electron chi connectivity index (χ3n) is 0.612. The van der Waals surface area contributed by atoms with Crippen LogP contribution in [-0.2, 0) is 0 Å². The summed E-state index contributed by atoms with van der Waals surface area (Å²) >= 11 is 0. The Morgan fingerprint density at radius 2 is 1.83 bits per heavy atom. The van der Waals surface area contributed by atoms with Crippen molar-refractivity contribution in [3.8, 4) is 0 Å². The van der Waals surface area contributed by atoms with Gasteiger partial charge >= 0.3 is 0 Å². The second-order valence-corrected chi connectivity index (χ2v) is 3.17. The van der Waals surface area contributed by atoms with Crippen molar-refractivity contribution in [2.45, 2.75) is 19.2 Å². The molecule has 0 N–H and O–H groups in total. The van der Waals surface area contributed by atoms with Crippen molar-refractivity contribution in [2.75, 3.05) is 6.16 Å². The van der Waals surface area contributed by atoms with Crippen LogP contribution in [0.2, 0.25) is 5.31 Å². The minimum absolute atomic E-state index is 0.505. The summed E-state index contributed by atoms with van der Waals surface area (Å²) in [7, 11) is 4.95. The molecule has 0 spiro atoms. The molecule has 1 unspecified atom stereocenters. The zero-order valence-electron chi connectivity index (χ0n) is 4.78. The van der Waals surface area contributed by atoms with E-state index < -0.39 is 0 Å². The van der Waals surface area contributed by atoms with E-state index in [1.165, 1.54) is 6.16 Å². The van der Waals surface area contributed by atoms with Crippen LogP contribution < -0.4 is 0 Å². The van der Waals surface area contributed by atoms with Gasteiger partial charge in [0.1, 0.15) is 7.85 Å². The van der Waals surface area contributed by atoms with Gasteiger partial charge in [-0.2, -0.15) is 0 Å². The van der Waals surface area contributed by atoms with Crippen LogP contribution in [-0.4, -0.2) is 14.0 Å². The maximum absolute atomic E-state index is 2.72. The van der Waals surface area contributed by atoms with Gasteiger partial charge in [-0.15, -0.1) is 9.24 Å². The van der Waals surface area contributed by atoms with Crippen LogP contribution in [0.1, 0.15) is 13.8 Å². The Morgan fingerprint density at radius 1 is 1.67 bits per heavy atom. The SMILES string of the molecule is BC(C)(C)CP. The van der Waals surface area contributed by atoms with Crippen molar-refractivity contribution in [3.63, 3.8) is 0 Å². The molecule has 2 heteroatoms. The van der Waals surface area contributed by atoms with Crippen LogP contribution in [0.4, 0.5) is 0 Å². The highest BCUT2D eigenvalue weighted by Gasteiger charge is 2.03. The Kier molecular flexibility index (Phi) is 2.14. The molecule has 0 fully saturated rings. The van der Waals surface area contributed by atoms with Gasteiger partial charge in [-0.25, -0.2) is 0 Å². The average Bonchev–Trinajstić information content (AvgIpc) is 1.35. The summed E-state index contributed by atoms with van der Waals surface area (Å²) in [5.74, 6) is 0. The summed E-state index contributed by atoms with van der Waals surface area (Å²) in [5.41, 5.74) is 0. The van der Waals surface area contributed by atoms with Crippen LogP contribution in [0.15, 0.2) is 0 Å². The van der Waals surface area contributed by atoms with Crippen molar-refractivity contribution in [2.24, 2.45) is 0 Å². The van der Waals surface area contributed by atoms with Gasteiger partial charge in [0.15, 0.2) is 0 Å². The lowest BCUT2D eigenvalue weighted by atomic mass is 9.74. The largest absolute Gasteiger partial charge is 0.138 e. The van der Waals surface area contributed by atoms with E-state index in [9.17, 15) is 0 Å². The van der Waals surface area contributed by atoms with Crippen molar-refractivity contribution in [1.82, 2.24) is 0 Å². The van der Waals surface area contributed by atoms with E-state index in [4.69, 9.17) is 0 Å². The molecule has 0 nitrogen and oxygen atoms in total. The second kappa shape index (κ2) is 1.98. The summed E-state index contributed by atoms with van der Waals surface area (Å²) in [5, 5.41) is 0.505. The maximum atomic E-state index is 2.72. The highest BCUT2D eigenvalue weighted by Crippen LogP contribution is 2.19. The third kappa shape index (κ3) is 4.49. The number of rotatable bonds is 1. The molecule has 0 aliphatic carbocycles. The fraction of sp³-hybridized carbons (Fsp3) is 1.00. The molecule has 0 heterocycles. The Labute approximate surface area is 43.3 Å². The Balaban J connectivity index is 3.17. The Bertz CT molecular complexity index is 37.3. The fourth-order valence-electron chi connectivity index (χ4n) is 0. The van der Waals surface area contributed by atoms with Gasteiger partial charge in [-0.05, 0) is 6.16 Å². The molecule has 1 atom stereocenters. The van der Waals surface area contributed by atoms with Crippen LogP contribution in [0.5, 0.6) is 0 Å². The van der Waals surface area contributed by atoms with Gasteiger partial charge in [0.2, 0.25) is 0 Å². The predicted molar refractivity (Wildman–Crippen MR) is 37.2 cm³/mol. The first kappa shape index (κ1) is 6.49. The van der Waals surface area contributed by atoms with Crippen molar-refractivity contribution in [3.05, 3.63) is 0 Å². The monoisotopic (exact) mass is 102 g/mol. The number of hydrogen-bond donors (Lipinski definition) is 0. The van der Waals surface area contributed by atoms with Crippen LogP contribution in [0, 0.1) is 0 Å². The molecule has 0 aliphatic heterocycles. The molecular formula is C4H12BP. The molecule has 0 saturated carbocycles. The predicted octanol–water partition coefficient (Wildman–Crippen LogP) is 0.693. The van der Waals surface area contributed by atoms with Crippen LogP contribution in [0.3, 0.4) is 0 Å². The molecule has 0 aromatic heterocycles. The Hall–Kier alpha value is 0.495. The van der Waals surface area contributed by atoms with E-state index in [0.29, 0.717) is 5.31 Å². The lowest BCUT2D eigenvalue weighted by molar-refractivity contribution is 0.781. The summed E-state index contributed by atoms with van der Waals surface area (Å²) in [6.45, 7) is 4.44. The molecule has 36 valence electrons. The first-order valence-electron chi connectivity index (χ1n) is 2.26. The van der Waals surface area contributed by atoms with Gasteiger partial charge in [-0.3, -0.25) is 0 Å². The lowest BCUT2D eigenvalue weighted by Crippen LogP contribution is -2.01. The first-order chi connectivity index (χ1) is 2.56. The van der Waals surface area contributed by atoms with Crippen molar-refractivity contribution in [1.29, 1.82) is 0 Å². The average molecular weight is 102 g/mol. The van der Waals surface area contributed by atoms with Crippen LogP contribution in [0.25, 0.3) is 0 Å². The van der Waals surface area contributed by atoms with Gasteiger partial charge < -0.3 is 0 Å². The fourth-order valence-corrected chi connectivity index (χ4v) is 0. The topological polar surface area (TPSA) is 0 Å². The van der Waals surface area contributed by atoms with Gasteiger partial charge in [0.05, 0.1) is 0 Å². The summed E-state index contributed by atoms with van der Waals surface area (Å²) in [6, 6.07) is 0. The molecule has 0 amide bonds. The molecule has 0 aromatic carbocycles. The van der Waals surface area contributed by atoms with E-state index in [2.05, 4.69) is 30.9 Å². The Morgan fingerprint density at radius 3 is 1.83 bits per heavy atom. The summed E-state index contributed by atoms with van der Waals surface area (Å²) < 4.78 is 0. The van der Waals surface area contributed by atoms with E-state index >= 15 is 0 Å². The van der Waals surface area contributed by atoms with E-state index in [0.717, 1.165) is 0 Å². The van der Waals surface area contributed by atoms with Gasteiger partial charge in [0.25, 0.3) is 0 Å². The molecule has 0 radical (unpaired) electrons. The zero-order valence-corrected chi connectivity index (χ0v) is 5.94. The van der Waals surface area contributed by atoms with Gasteiger partial charge in [0, 0.05) is 0 Å². The molecule has 0 rings (SSSR count). The van der Waals surface area contributed by atoms with E-state index in [1.807, 2.05) is 0 Å². The summed E-state index contributed by atoms with van der Waals surface area (Å²) in [4.78, 5) is 0. The molecule has 6 heavy (non-hydrogen) atoms. The molecule has 0 bridgehead atoms. The molecular weight excluding hydrogens is 89.8 g/mol. The van der Waals surface area contributed by atoms with Crippen LogP contribution >= 0.6 is 9.24 Å². The first-order valence-corrected chi connectivity index (χ1v) is 3.08. The van der Waals surface area contributed by atoms with Crippen molar-refractivity contribution < 1.29 is 0 Å². The zero-order chi connectivity index (χ0) is 5.21. The minimum Gasteiger partial charge on any atom is -0.138 e. The highest BCUT2D eigenvalue weighted by molar-refractivity contribution is 7.16. The minimum atomic E-state index is 0.505. The third-order valence-corrected chi connectivity index (χ3v) is 1.84. The standard InChI is InChI=1S/C4H12BP/c1-4(2,5)3-6/h3,5-6H2,1-2H3.